The van der Waals surface area contributed by atoms with Crippen molar-refractivity contribution in [3.8, 4) is 5.75 Å². The number of hydrogen-bond acceptors (Lipinski definition) is 6. The summed E-state index contributed by atoms with van der Waals surface area (Å²) < 4.78 is 5.36. The number of carboxylic acid groups (broad SMARTS) is 1. The lowest BCUT2D eigenvalue weighted by molar-refractivity contribution is -0.133. The highest BCUT2D eigenvalue weighted by Crippen LogP contribution is 2.25. The third-order valence-electron chi connectivity index (χ3n) is 5.78. The van der Waals surface area contributed by atoms with Gasteiger partial charge in [-0.3, -0.25) is 14.5 Å². The zero-order chi connectivity index (χ0) is 24.8. The van der Waals surface area contributed by atoms with Gasteiger partial charge in [-0.05, 0) is 42.2 Å². The Morgan fingerprint density at radius 1 is 1.26 bits per heavy atom. The molecule has 1 heterocycles. The van der Waals surface area contributed by atoms with Crippen LogP contribution in [0.3, 0.4) is 0 Å². The largest absolute Gasteiger partial charge is 0.496 e. The molecule has 1 aliphatic heterocycles. The molecule has 4 amide bonds. The highest BCUT2D eigenvalue weighted by molar-refractivity contribution is 6.01. The average molecular weight is 469 g/mol. The Bertz CT molecular complexity index is 1100. The molecule has 2 aromatic rings. The number of urea groups is 1. The van der Waals surface area contributed by atoms with E-state index in [0.717, 1.165) is 10.5 Å². The second-order valence-corrected chi connectivity index (χ2v) is 8.00. The summed E-state index contributed by atoms with van der Waals surface area (Å²) in [5, 5.41) is 14.6. The Hall–Kier alpha value is -4.08. The monoisotopic (exact) mass is 468 g/mol. The lowest BCUT2D eigenvalue weighted by atomic mass is 9.97. The number of aromatic carboxylic acids is 1. The number of nitrogens with zero attached hydrogens (tertiary/aromatic N) is 1. The zero-order valence-electron chi connectivity index (χ0n) is 19.0. The molecule has 0 aromatic heterocycles. The number of hydrogen-bond donors (Lipinski definition) is 4. The number of carbonyl (C=O) groups is 4. The molecule has 10 heteroatoms. The molecule has 2 aromatic carbocycles. The minimum atomic E-state index is -1.15. The van der Waals surface area contributed by atoms with E-state index in [1.165, 1.54) is 19.2 Å². The quantitative estimate of drug-likeness (QED) is 0.453. The number of anilines is 1. The number of methoxy groups -OCH3 is 1. The Labute approximate surface area is 197 Å². The molecular formula is C24H28N4O6. The van der Waals surface area contributed by atoms with Gasteiger partial charge in [0.1, 0.15) is 12.3 Å². The molecule has 1 fully saturated rings. The van der Waals surface area contributed by atoms with Gasteiger partial charge in [0.25, 0.3) is 0 Å². The predicted molar refractivity (Wildman–Crippen MR) is 124 cm³/mol. The van der Waals surface area contributed by atoms with E-state index in [2.05, 4.69) is 10.6 Å². The standard InChI is InChI=1S/C24H28N4O6/c1-3-19(14-8-9-17(23(31)32)18(25)11-14)27-24(33)28-13-21(29)26-12-16(22(28)30)10-15-6-4-5-7-20(15)34-2/h4-9,11,16,19H,3,10,12-13,25H2,1-2H3,(H,26,29)(H,27,33)(H,31,32). The predicted octanol–water partition coefficient (Wildman–Crippen LogP) is 1.95. The summed E-state index contributed by atoms with van der Waals surface area (Å²) >= 11 is 0. The van der Waals surface area contributed by atoms with Gasteiger partial charge in [0.05, 0.1) is 24.6 Å². The fourth-order valence-corrected chi connectivity index (χ4v) is 3.93. The Morgan fingerprint density at radius 2 is 2.00 bits per heavy atom. The number of amides is 4. The van der Waals surface area contributed by atoms with E-state index < -0.39 is 42.3 Å². The number of rotatable bonds is 7. The van der Waals surface area contributed by atoms with Gasteiger partial charge in [0.2, 0.25) is 11.8 Å². The summed E-state index contributed by atoms with van der Waals surface area (Å²) in [6, 6.07) is 10.4. The van der Waals surface area contributed by atoms with Crippen LogP contribution in [0.15, 0.2) is 42.5 Å². The summed E-state index contributed by atoms with van der Waals surface area (Å²) in [5.41, 5.74) is 7.26. The first-order chi connectivity index (χ1) is 16.2. The van der Waals surface area contributed by atoms with Gasteiger partial charge < -0.3 is 26.2 Å². The van der Waals surface area contributed by atoms with Crippen LogP contribution in [-0.2, 0) is 16.0 Å². The zero-order valence-corrected chi connectivity index (χ0v) is 19.0. The van der Waals surface area contributed by atoms with E-state index in [1.807, 2.05) is 25.1 Å². The van der Waals surface area contributed by atoms with Gasteiger partial charge in [-0.25, -0.2) is 9.59 Å². The molecule has 0 bridgehead atoms. The maximum Gasteiger partial charge on any atom is 0.337 e. The summed E-state index contributed by atoms with van der Waals surface area (Å²) in [7, 11) is 1.54. The minimum absolute atomic E-state index is 0.0384. The number of ether oxygens (including phenoxy) is 1. The van der Waals surface area contributed by atoms with Crippen molar-refractivity contribution >= 4 is 29.5 Å². The Balaban J connectivity index is 1.79. The van der Waals surface area contributed by atoms with Crippen molar-refractivity contribution in [2.45, 2.75) is 25.8 Å². The van der Waals surface area contributed by atoms with Gasteiger partial charge in [-0.1, -0.05) is 31.2 Å². The number of para-hydroxylation sites is 1. The first-order valence-electron chi connectivity index (χ1n) is 10.9. The molecule has 5 N–H and O–H groups in total. The number of nitrogens with two attached hydrogens (primary N) is 1. The highest BCUT2D eigenvalue weighted by atomic mass is 16.5. The molecule has 1 saturated heterocycles. The lowest BCUT2D eigenvalue weighted by Gasteiger charge is -2.25. The first kappa shape index (κ1) is 24.6. The van der Waals surface area contributed by atoms with Crippen LogP contribution < -0.4 is 21.1 Å². The van der Waals surface area contributed by atoms with Gasteiger partial charge in [-0.15, -0.1) is 0 Å². The number of nitrogens with one attached hydrogen (secondary N) is 2. The van der Waals surface area contributed by atoms with E-state index in [0.29, 0.717) is 17.7 Å². The smallest absolute Gasteiger partial charge is 0.337 e. The van der Waals surface area contributed by atoms with Crippen LogP contribution in [-0.4, -0.2) is 54.0 Å². The van der Waals surface area contributed by atoms with Crippen molar-refractivity contribution in [2.75, 3.05) is 25.9 Å². The van der Waals surface area contributed by atoms with E-state index in [4.69, 9.17) is 10.5 Å². The molecular weight excluding hydrogens is 440 g/mol. The molecule has 2 atom stereocenters. The number of imide groups is 1. The molecule has 1 aliphatic rings. The third kappa shape index (κ3) is 5.45. The Kier molecular flexibility index (Phi) is 7.72. The van der Waals surface area contributed by atoms with Gasteiger partial charge in [-0.2, -0.15) is 0 Å². The van der Waals surface area contributed by atoms with Crippen molar-refractivity contribution in [1.29, 1.82) is 0 Å². The van der Waals surface area contributed by atoms with Crippen molar-refractivity contribution in [3.05, 3.63) is 59.2 Å². The topological polar surface area (TPSA) is 151 Å². The van der Waals surface area contributed by atoms with E-state index >= 15 is 0 Å². The minimum Gasteiger partial charge on any atom is -0.496 e. The van der Waals surface area contributed by atoms with Crippen LogP contribution in [0.25, 0.3) is 0 Å². The number of carbonyl (C=O) groups excluding carboxylic acids is 3. The molecule has 34 heavy (non-hydrogen) atoms. The van der Waals surface area contributed by atoms with Gasteiger partial charge >= 0.3 is 12.0 Å². The third-order valence-corrected chi connectivity index (χ3v) is 5.78. The lowest BCUT2D eigenvalue weighted by Crippen LogP contribution is -2.48. The SMILES string of the molecule is CCC(NC(=O)N1CC(=O)NCC(Cc2ccccc2OC)C1=O)c1ccc(C(=O)O)c(N)c1. The maximum absolute atomic E-state index is 13.3. The molecule has 2 unspecified atom stereocenters. The summed E-state index contributed by atoms with van der Waals surface area (Å²) in [6.45, 7) is 1.53. The molecule has 0 radical (unpaired) electrons. The molecule has 0 aliphatic carbocycles. The second kappa shape index (κ2) is 10.7. The molecule has 0 saturated carbocycles. The second-order valence-electron chi connectivity index (χ2n) is 8.00. The maximum atomic E-state index is 13.3. The van der Waals surface area contributed by atoms with E-state index in [-0.39, 0.29) is 24.2 Å². The van der Waals surface area contributed by atoms with Crippen LogP contribution in [0.5, 0.6) is 5.75 Å². The van der Waals surface area contributed by atoms with Crippen LogP contribution in [0.4, 0.5) is 10.5 Å². The molecule has 0 spiro atoms. The van der Waals surface area contributed by atoms with Crippen molar-refractivity contribution in [1.82, 2.24) is 15.5 Å². The highest BCUT2D eigenvalue weighted by Gasteiger charge is 2.35. The summed E-state index contributed by atoms with van der Waals surface area (Å²) in [4.78, 5) is 50.7. The molecule has 180 valence electrons. The van der Waals surface area contributed by atoms with Crippen molar-refractivity contribution in [2.24, 2.45) is 5.92 Å². The van der Waals surface area contributed by atoms with E-state index in [1.54, 1.807) is 12.1 Å². The van der Waals surface area contributed by atoms with Crippen LogP contribution in [0, 0.1) is 5.92 Å². The van der Waals surface area contributed by atoms with Crippen LogP contribution >= 0.6 is 0 Å². The number of carboxylic acids is 1. The van der Waals surface area contributed by atoms with Crippen molar-refractivity contribution < 1.29 is 29.0 Å². The summed E-state index contributed by atoms with van der Waals surface area (Å²) in [5.74, 6) is -2.09. The normalized spacial score (nSPS) is 16.9. The van der Waals surface area contributed by atoms with Crippen molar-refractivity contribution in [3.63, 3.8) is 0 Å². The Morgan fingerprint density at radius 3 is 2.65 bits per heavy atom. The molecule has 10 nitrogen and oxygen atoms in total. The number of nitrogen functional groups attached to an aromatic ring is 1. The van der Waals surface area contributed by atoms with E-state index in [9.17, 15) is 24.3 Å². The number of benzene rings is 2. The van der Waals surface area contributed by atoms with Gasteiger partial charge in [0.15, 0.2) is 0 Å². The average Bonchev–Trinajstić information content (AvgIpc) is 2.96. The first-order valence-corrected chi connectivity index (χ1v) is 10.9. The van der Waals surface area contributed by atoms with Gasteiger partial charge in [0, 0.05) is 12.2 Å². The van der Waals surface area contributed by atoms with Crippen LogP contribution in [0.2, 0.25) is 0 Å². The fourth-order valence-electron chi connectivity index (χ4n) is 3.93. The molecule has 3 rings (SSSR count). The van der Waals surface area contributed by atoms with Crippen LogP contribution in [0.1, 0.15) is 40.9 Å². The summed E-state index contributed by atoms with van der Waals surface area (Å²) in [6.07, 6.45) is 0.744. The fraction of sp³-hybridized carbons (Fsp3) is 0.333.